The van der Waals surface area contributed by atoms with Crippen LogP contribution in [0.3, 0.4) is 0 Å². The van der Waals surface area contributed by atoms with Crippen LogP contribution < -0.4 is 9.47 Å². The molecule has 0 fully saturated rings. The molecule has 1 amide bonds. The van der Waals surface area contributed by atoms with Gasteiger partial charge in [0.1, 0.15) is 5.58 Å². The van der Waals surface area contributed by atoms with Gasteiger partial charge in [0.05, 0.1) is 25.8 Å². The summed E-state index contributed by atoms with van der Waals surface area (Å²) in [5, 5.41) is 11.5. The maximum atomic E-state index is 13.6. The van der Waals surface area contributed by atoms with Crippen molar-refractivity contribution < 1.29 is 33.3 Å². The Balaban J connectivity index is 1.80. The van der Waals surface area contributed by atoms with E-state index in [4.69, 9.17) is 18.6 Å². The van der Waals surface area contributed by atoms with Gasteiger partial charge in [-0.15, -0.1) is 0 Å². The largest absolute Gasteiger partial charge is 0.503 e. The van der Waals surface area contributed by atoms with Crippen molar-refractivity contribution in [3.63, 3.8) is 0 Å². The first-order valence-corrected chi connectivity index (χ1v) is 11.4. The van der Waals surface area contributed by atoms with Crippen LogP contribution in [0.2, 0.25) is 0 Å². The van der Waals surface area contributed by atoms with Gasteiger partial charge in [0.25, 0.3) is 5.91 Å². The van der Waals surface area contributed by atoms with Gasteiger partial charge in [0, 0.05) is 30.1 Å². The number of Topliss-reactive ketones (excluding diaryl/α,β-unsaturated/α-hetero) is 1. The zero-order chi connectivity index (χ0) is 24.4. The fraction of sp³-hybridized carbons (Fsp3) is 0.280. The third-order valence-electron chi connectivity index (χ3n) is 5.72. The summed E-state index contributed by atoms with van der Waals surface area (Å²) in [6, 6.07) is 11.3. The number of aliphatic hydroxyl groups is 1. The number of hydrogen-bond donors (Lipinski definition) is 1. The number of methoxy groups -OCH3 is 3. The van der Waals surface area contributed by atoms with Crippen LogP contribution in [0.15, 0.2) is 62.7 Å². The van der Waals surface area contributed by atoms with Gasteiger partial charge in [-0.1, -0.05) is 22.0 Å². The topological polar surface area (TPSA) is 98.4 Å². The summed E-state index contributed by atoms with van der Waals surface area (Å²) >= 11 is 3.41. The van der Waals surface area contributed by atoms with E-state index in [1.807, 2.05) is 6.07 Å². The first-order valence-electron chi connectivity index (χ1n) is 10.6. The molecule has 3 aromatic rings. The summed E-state index contributed by atoms with van der Waals surface area (Å²) in [4.78, 5) is 28.1. The average molecular weight is 530 g/mol. The van der Waals surface area contributed by atoms with Crippen LogP contribution in [0.4, 0.5) is 0 Å². The monoisotopic (exact) mass is 529 g/mol. The predicted molar refractivity (Wildman–Crippen MR) is 128 cm³/mol. The quantitative estimate of drug-likeness (QED) is 0.313. The van der Waals surface area contributed by atoms with Gasteiger partial charge in [-0.05, 0) is 48.4 Å². The molecule has 4 rings (SSSR count). The first-order chi connectivity index (χ1) is 16.4. The van der Waals surface area contributed by atoms with Crippen molar-refractivity contribution in [3.05, 3.63) is 69.6 Å². The van der Waals surface area contributed by atoms with Crippen molar-refractivity contribution >= 4 is 38.6 Å². The third kappa shape index (κ3) is 4.28. The van der Waals surface area contributed by atoms with E-state index in [0.29, 0.717) is 35.7 Å². The molecule has 0 spiro atoms. The molecule has 9 heteroatoms. The van der Waals surface area contributed by atoms with Crippen molar-refractivity contribution in [1.82, 2.24) is 4.90 Å². The second-order valence-corrected chi connectivity index (χ2v) is 8.66. The van der Waals surface area contributed by atoms with E-state index < -0.39 is 23.5 Å². The molecule has 1 unspecified atom stereocenters. The second kappa shape index (κ2) is 9.90. The molecular weight excluding hydrogens is 506 g/mol. The van der Waals surface area contributed by atoms with Crippen LogP contribution in [0.5, 0.6) is 11.5 Å². The highest BCUT2D eigenvalue weighted by atomic mass is 79.9. The normalized spacial score (nSPS) is 15.9. The number of nitrogens with zero attached hydrogens (tertiary/aromatic N) is 1. The number of carbonyl (C=O) groups is 2. The number of rotatable bonds is 9. The smallest absolute Gasteiger partial charge is 0.290 e. The van der Waals surface area contributed by atoms with Crippen molar-refractivity contribution in [3.8, 4) is 11.5 Å². The average Bonchev–Trinajstić information content (AvgIpc) is 3.37. The van der Waals surface area contributed by atoms with Crippen LogP contribution in [-0.2, 0) is 9.53 Å². The van der Waals surface area contributed by atoms with Gasteiger partial charge in [-0.2, -0.15) is 0 Å². The molecule has 0 aliphatic carbocycles. The van der Waals surface area contributed by atoms with Crippen LogP contribution >= 0.6 is 15.9 Å². The van der Waals surface area contributed by atoms with Gasteiger partial charge in [-0.3, -0.25) is 9.59 Å². The Morgan fingerprint density at radius 2 is 1.85 bits per heavy atom. The first kappa shape index (κ1) is 23.8. The summed E-state index contributed by atoms with van der Waals surface area (Å²) in [6.07, 6.45) is 0.527. The Labute approximate surface area is 204 Å². The lowest BCUT2D eigenvalue weighted by Gasteiger charge is -2.27. The Kier molecular flexibility index (Phi) is 6.95. The Morgan fingerprint density at radius 1 is 1.09 bits per heavy atom. The summed E-state index contributed by atoms with van der Waals surface area (Å²) < 4.78 is 22.5. The zero-order valence-electron chi connectivity index (χ0n) is 19.0. The molecule has 34 heavy (non-hydrogen) atoms. The highest BCUT2D eigenvalue weighted by molar-refractivity contribution is 9.10. The fourth-order valence-corrected chi connectivity index (χ4v) is 4.50. The molecule has 1 aliphatic rings. The second-order valence-electron chi connectivity index (χ2n) is 7.75. The lowest BCUT2D eigenvalue weighted by Crippen LogP contribution is -2.32. The number of aliphatic hydroxyl groups excluding tert-OH is 1. The molecule has 8 nitrogen and oxygen atoms in total. The number of fused-ring (bicyclic) bond motifs is 1. The van der Waals surface area contributed by atoms with Crippen LogP contribution in [0.25, 0.3) is 11.0 Å². The summed E-state index contributed by atoms with van der Waals surface area (Å²) in [6.45, 7) is 0.699. The fourth-order valence-electron chi connectivity index (χ4n) is 4.12. The summed E-state index contributed by atoms with van der Waals surface area (Å²) in [5.74, 6) is -0.803. The molecule has 1 N–H and O–H groups in total. The molecule has 0 saturated carbocycles. The summed E-state index contributed by atoms with van der Waals surface area (Å²) in [5.41, 5.74) is 1.07. The maximum Gasteiger partial charge on any atom is 0.290 e. The molecule has 178 valence electrons. The third-order valence-corrected chi connectivity index (χ3v) is 6.21. The van der Waals surface area contributed by atoms with E-state index in [1.54, 1.807) is 43.5 Å². The minimum absolute atomic E-state index is 0.0340. The summed E-state index contributed by atoms with van der Waals surface area (Å²) in [7, 11) is 4.60. The predicted octanol–water partition coefficient (Wildman–Crippen LogP) is 4.83. The molecule has 0 radical (unpaired) electrons. The van der Waals surface area contributed by atoms with E-state index in [0.717, 1.165) is 9.86 Å². The minimum atomic E-state index is -0.836. The number of halogens is 1. The van der Waals surface area contributed by atoms with Crippen molar-refractivity contribution in [2.75, 3.05) is 34.5 Å². The van der Waals surface area contributed by atoms with Crippen LogP contribution in [-0.4, -0.2) is 56.2 Å². The number of carbonyl (C=O) groups excluding carboxylic acids is 2. The number of ketones is 1. The van der Waals surface area contributed by atoms with Crippen molar-refractivity contribution in [2.45, 2.75) is 12.5 Å². The highest BCUT2D eigenvalue weighted by Crippen LogP contribution is 2.42. The number of hydrogen-bond acceptors (Lipinski definition) is 7. The van der Waals surface area contributed by atoms with Gasteiger partial charge in [0.2, 0.25) is 5.78 Å². The van der Waals surface area contributed by atoms with E-state index in [2.05, 4.69) is 15.9 Å². The molecule has 1 aliphatic heterocycles. The van der Waals surface area contributed by atoms with Crippen molar-refractivity contribution in [2.24, 2.45) is 0 Å². The van der Waals surface area contributed by atoms with E-state index in [1.165, 1.54) is 19.1 Å². The Hall–Kier alpha value is -3.30. The molecular formula is C25H24BrNO7. The number of amides is 1. The van der Waals surface area contributed by atoms with Crippen LogP contribution in [0.1, 0.15) is 28.6 Å². The lowest BCUT2D eigenvalue weighted by molar-refractivity contribution is -0.129. The maximum absolute atomic E-state index is 13.6. The number of furan rings is 1. The molecule has 1 aromatic heterocycles. The zero-order valence-corrected chi connectivity index (χ0v) is 20.5. The van der Waals surface area contributed by atoms with E-state index in [9.17, 15) is 14.7 Å². The Bertz CT molecular complexity index is 1280. The SMILES string of the molecule is COCCCN1C(=O)C(O)=C(C(=O)c2cc3cc(Br)ccc3o2)C1c1ccc(OC)c(OC)c1. The molecule has 0 saturated heterocycles. The van der Waals surface area contributed by atoms with Crippen LogP contribution in [0, 0.1) is 0 Å². The minimum Gasteiger partial charge on any atom is -0.503 e. The number of ether oxygens (including phenoxy) is 3. The Morgan fingerprint density at radius 3 is 2.56 bits per heavy atom. The van der Waals surface area contributed by atoms with E-state index >= 15 is 0 Å². The standard InChI is InChI=1S/C25H24BrNO7/c1-31-10-4-9-27-22(14-5-7-18(32-2)19(12-14)33-3)21(24(29)25(27)30)23(28)20-13-15-11-16(26)6-8-17(15)34-20/h5-8,11-13,22,29H,4,9-10H2,1-3H3. The van der Waals surface area contributed by atoms with Gasteiger partial charge in [0.15, 0.2) is 23.0 Å². The van der Waals surface area contributed by atoms with Crippen molar-refractivity contribution in [1.29, 1.82) is 0 Å². The molecule has 1 atom stereocenters. The highest BCUT2D eigenvalue weighted by Gasteiger charge is 2.44. The van der Waals surface area contributed by atoms with Gasteiger partial charge < -0.3 is 28.6 Å². The molecule has 0 bridgehead atoms. The van der Waals surface area contributed by atoms with Gasteiger partial charge in [-0.25, -0.2) is 0 Å². The lowest BCUT2D eigenvalue weighted by atomic mass is 9.94. The van der Waals surface area contributed by atoms with Gasteiger partial charge >= 0.3 is 0 Å². The molecule has 2 aromatic carbocycles. The van der Waals surface area contributed by atoms with E-state index in [-0.39, 0.29) is 17.9 Å². The molecule has 2 heterocycles. The number of benzene rings is 2.